The molecule has 1 amide bonds. The van der Waals surface area contributed by atoms with E-state index in [2.05, 4.69) is 31.4 Å². The van der Waals surface area contributed by atoms with Gasteiger partial charge in [0.15, 0.2) is 0 Å². The molecule has 0 aromatic heterocycles. The van der Waals surface area contributed by atoms with Crippen LogP contribution >= 0.6 is 0 Å². The maximum Gasteiger partial charge on any atom is 0.234 e. The van der Waals surface area contributed by atoms with E-state index in [0.29, 0.717) is 12.6 Å². The Kier molecular flexibility index (Phi) is 6.59. The lowest BCUT2D eigenvalue weighted by molar-refractivity contribution is -0.120. The minimum absolute atomic E-state index is 0.0923. The highest BCUT2D eigenvalue weighted by molar-refractivity contribution is 5.78. The SMILES string of the molecule is CCC(C)NCC(=O)NC(C)CC. The van der Waals surface area contributed by atoms with Crippen molar-refractivity contribution in [3.8, 4) is 0 Å². The summed E-state index contributed by atoms with van der Waals surface area (Å²) in [5.41, 5.74) is 0. The lowest BCUT2D eigenvalue weighted by Gasteiger charge is -2.14. The predicted molar refractivity (Wildman–Crippen MR) is 55.7 cm³/mol. The zero-order valence-electron chi connectivity index (χ0n) is 9.18. The molecule has 2 unspecified atom stereocenters. The molecule has 0 aromatic rings. The Bertz CT molecular complexity index is 148. The van der Waals surface area contributed by atoms with Crippen LogP contribution in [0.4, 0.5) is 0 Å². The van der Waals surface area contributed by atoms with Crippen molar-refractivity contribution in [3.63, 3.8) is 0 Å². The average Bonchev–Trinajstić information content (AvgIpc) is 2.13. The van der Waals surface area contributed by atoms with Gasteiger partial charge in [0.25, 0.3) is 0 Å². The first kappa shape index (κ1) is 12.4. The molecular formula is C10H22N2O. The van der Waals surface area contributed by atoms with Crippen molar-refractivity contribution in [3.05, 3.63) is 0 Å². The monoisotopic (exact) mass is 186 g/mol. The predicted octanol–water partition coefficient (Wildman–Crippen LogP) is 1.29. The Morgan fingerprint density at radius 1 is 1.15 bits per heavy atom. The number of hydrogen-bond donors (Lipinski definition) is 2. The Morgan fingerprint density at radius 2 is 1.69 bits per heavy atom. The van der Waals surface area contributed by atoms with Gasteiger partial charge in [-0.1, -0.05) is 13.8 Å². The summed E-state index contributed by atoms with van der Waals surface area (Å²) >= 11 is 0. The topological polar surface area (TPSA) is 41.1 Å². The largest absolute Gasteiger partial charge is 0.353 e. The second-order valence-electron chi connectivity index (χ2n) is 3.57. The van der Waals surface area contributed by atoms with Gasteiger partial charge in [-0.05, 0) is 26.7 Å². The van der Waals surface area contributed by atoms with E-state index < -0.39 is 0 Å². The lowest BCUT2D eigenvalue weighted by Crippen LogP contribution is -2.41. The van der Waals surface area contributed by atoms with E-state index in [1.807, 2.05) is 6.92 Å². The van der Waals surface area contributed by atoms with E-state index in [4.69, 9.17) is 0 Å². The number of hydrogen-bond acceptors (Lipinski definition) is 2. The molecule has 0 spiro atoms. The number of carbonyl (C=O) groups excluding carboxylic acids is 1. The van der Waals surface area contributed by atoms with E-state index in [-0.39, 0.29) is 11.9 Å². The van der Waals surface area contributed by atoms with Crippen molar-refractivity contribution in [2.24, 2.45) is 0 Å². The molecule has 13 heavy (non-hydrogen) atoms. The summed E-state index contributed by atoms with van der Waals surface area (Å²) in [6, 6.07) is 0.703. The van der Waals surface area contributed by atoms with E-state index in [1.54, 1.807) is 0 Å². The Hall–Kier alpha value is -0.570. The van der Waals surface area contributed by atoms with Gasteiger partial charge in [-0.25, -0.2) is 0 Å². The normalized spacial score (nSPS) is 15.1. The van der Waals surface area contributed by atoms with Gasteiger partial charge in [-0.15, -0.1) is 0 Å². The summed E-state index contributed by atoms with van der Waals surface area (Å²) < 4.78 is 0. The molecule has 0 aliphatic rings. The molecule has 3 nitrogen and oxygen atoms in total. The van der Waals surface area contributed by atoms with Gasteiger partial charge >= 0.3 is 0 Å². The summed E-state index contributed by atoms with van der Waals surface area (Å²) in [4.78, 5) is 11.3. The van der Waals surface area contributed by atoms with Crippen molar-refractivity contribution in [2.75, 3.05) is 6.54 Å². The van der Waals surface area contributed by atoms with Crippen molar-refractivity contribution in [1.82, 2.24) is 10.6 Å². The number of carbonyl (C=O) groups is 1. The Morgan fingerprint density at radius 3 is 2.15 bits per heavy atom. The fourth-order valence-electron chi connectivity index (χ4n) is 0.839. The summed E-state index contributed by atoms with van der Waals surface area (Å²) in [6.45, 7) is 8.69. The molecule has 0 aromatic carbocycles. The summed E-state index contributed by atoms with van der Waals surface area (Å²) in [6.07, 6.45) is 2.03. The average molecular weight is 186 g/mol. The van der Waals surface area contributed by atoms with Gasteiger partial charge in [0, 0.05) is 12.1 Å². The van der Waals surface area contributed by atoms with Crippen LogP contribution in [-0.2, 0) is 4.79 Å². The molecular weight excluding hydrogens is 164 g/mol. The quantitative estimate of drug-likeness (QED) is 0.656. The smallest absolute Gasteiger partial charge is 0.234 e. The molecule has 0 aliphatic carbocycles. The highest BCUT2D eigenvalue weighted by Gasteiger charge is 2.05. The van der Waals surface area contributed by atoms with E-state index in [1.165, 1.54) is 0 Å². The van der Waals surface area contributed by atoms with Crippen molar-refractivity contribution >= 4 is 5.91 Å². The van der Waals surface area contributed by atoms with E-state index >= 15 is 0 Å². The first-order chi connectivity index (χ1) is 6.10. The number of rotatable bonds is 6. The highest BCUT2D eigenvalue weighted by atomic mass is 16.1. The van der Waals surface area contributed by atoms with E-state index in [0.717, 1.165) is 12.8 Å². The second-order valence-corrected chi connectivity index (χ2v) is 3.57. The van der Waals surface area contributed by atoms with Gasteiger partial charge in [-0.3, -0.25) is 4.79 Å². The van der Waals surface area contributed by atoms with Crippen molar-refractivity contribution in [1.29, 1.82) is 0 Å². The lowest BCUT2D eigenvalue weighted by atomic mass is 10.2. The van der Waals surface area contributed by atoms with Crippen LogP contribution in [0, 0.1) is 0 Å². The summed E-state index contributed by atoms with van der Waals surface area (Å²) in [5.74, 6) is 0.0923. The molecule has 0 saturated carbocycles. The van der Waals surface area contributed by atoms with Gasteiger partial charge in [0.2, 0.25) is 5.91 Å². The number of amides is 1. The molecule has 2 N–H and O–H groups in total. The van der Waals surface area contributed by atoms with Gasteiger partial charge in [0.1, 0.15) is 0 Å². The van der Waals surface area contributed by atoms with Crippen LogP contribution in [0.15, 0.2) is 0 Å². The zero-order valence-corrected chi connectivity index (χ0v) is 9.18. The van der Waals surface area contributed by atoms with E-state index in [9.17, 15) is 4.79 Å². The standard InChI is InChI=1S/C10H22N2O/c1-5-8(3)11-7-10(13)12-9(4)6-2/h8-9,11H,5-7H2,1-4H3,(H,12,13). The summed E-state index contributed by atoms with van der Waals surface area (Å²) in [7, 11) is 0. The minimum Gasteiger partial charge on any atom is -0.353 e. The molecule has 3 heteroatoms. The van der Waals surface area contributed by atoms with Crippen LogP contribution in [-0.4, -0.2) is 24.5 Å². The molecule has 0 saturated heterocycles. The molecule has 0 heterocycles. The highest BCUT2D eigenvalue weighted by Crippen LogP contribution is 1.88. The Labute approximate surface area is 81.3 Å². The molecule has 2 atom stereocenters. The summed E-state index contributed by atoms with van der Waals surface area (Å²) in [5, 5.41) is 6.06. The first-order valence-electron chi connectivity index (χ1n) is 5.12. The maximum absolute atomic E-state index is 11.3. The van der Waals surface area contributed by atoms with Crippen LogP contribution in [0.25, 0.3) is 0 Å². The third-order valence-electron chi connectivity index (χ3n) is 2.24. The molecule has 0 bridgehead atoms. The Balaban J connectivity index is 3.51. The molecule has 0 aliphatic heterocycles. The van der Waals surface area contributed by atoms with Crippen LogP contribution in [0.2, 0.25) is 0 Å². The zero-order chi connectivity index (χ0) is 10.3. The molecule has 0 radical (unpaired) electrons. The van der Waals surface area contributed by atoms with Crippen LogP contribution < -0.4 is 10.6 Å². The van der Waals surface area contributed by atoms with Crippen molar-refractivity contribution in [2.45, 2.75) is 52.6 Å². The molecule has 0 fully saturated rings. The fraction of sp³-hybridized carbons (Fsp3) is 0.900. The molecule has 0 rings (SSSR count). The van der Waals surface area contributed by atoms with Crippen LogP contribution in [0.5, 0.6) is 0 Å². The maximum atomic E-state index is 11.3. The van der Waals surface area contributed by atoms with Crippen LogP contribution in [0.3, 0.4) is 0 Å². The second kappa shape index (κ2) is 6.89. The number of nitrogens with one attached hydrogen (secondary N) is 2. The fourth-order valence-corrected chi connectivity index (χ4v) is 0.839. The minimum atomic E-state index is 0.0923. The molecule has 78 valence electrons. The van der Waals surface area contributed by atoms with Gasteiger partial charge in [-0.2, -0.15) is 0 Å². The van der Waals surface area contributed by atoms with Gasteiger partial charge in [0.05, 0.1) is 6.54 Å². The van der Waals surface area contributed by atoms with Gasteiger partial charge < -0.3 is 10.6 Å². The third kappa shape index (κ3) is 6.58. The first-order valence-corrected chi connectivity index (χ1v) is 5.12. The third-order valence-corrected chi connectivity index (χ3v) is 2.24. The van der Waals surface area contributed by atoms with Crippen molar-refractivity contribution < 1.29 is 4.79 Å². The van der Waals surface area contributed by atoms with Crippen LogP contribution in [0.1, 0.15) is 40.5 Å².